The Morgan fingerprint density at radius 1 is 0.857 bits per heavy atom. The Hall–Kier alpha value is -2.83. The minimum absolute atomic E-state index is 0.0575. The van der Waals surface area contributed by atoms with Crippen molar-refractivity contribution in [1.82, 2.24) is 4.90 Å². The minimum atomic E-state index is -0.153. The van der Waals surface area contributed by atoms with E-state index in [1.54, 1.807) is 0 Å². The van der Waals surface area contributed by atoms with Gasteiger partial charge in [0, 0.05) is 12.6 Å². The zero-order valence-electron chi connectivity index (χ0n) is 25.7. The number of rotatable bonds is 14. The highest BCUT2D eigenvalue weighted by atomic mass is 32.2. The normalized spacial score (nSPS) is 20.9. The van der Waals surface area contributed by atoms with E-state index in [0.29, 0.717) is 12.6 Å². The lowest BCUT2D eigenvalue weighted by Crippen LogP contribution is -2.35. The van der Waals surface area contributed by atoms with Gasteiger partial charge in [0.1, 0.15) is 35.7 Å². The predicted octanol–water partition coefficient (Wildman–Crippen LogP) is 9.12. The van der Waals surface area contributed by atoms with Gasteiger partial charge >= 0.3 is 0 Å². The molecule has 2 aliphatic heterocycles. The van der Waals surface area contributed by atoms with Gasteiger partial charge in [-0.1, -0.05) is 57.9 Å². The molecule has 0 N–H and O–H groups in total. The van der Waals surface area contributed by atoms with Crippen molar-refractivity contribution in [2.75, 3.05) is 32.9 Å². The quantitative estimate of drug-likeness (QED) is 0.175. The zero-order chi connectivity index (χ0) is 29.3. The molecule has 6 heteroatoms. The molecule has 0 saturated carbocycles. The third-order valence-corrected chi connectivity index (χ3v) is 9.54. The van der Waals surface area contributed by atoms with Crippen molar-refractivity contribution in [2.45, 2.75) is 82.1 Å². The van der Waals surface area contributed by atoms with Crippen LogP contribution in [0.25, 0.3) is 0 Å². The number of unbranched alkanes of at least 4 members (excludes halogenated alkanes) is 2. The highest BCUT2D eigenvalue weighted by Crippen LogP contribution is 2.54. The third-order valence-electron chi connectivity index (χ3n) is 8.20. The second kappa shape index (κ2) is 15.1. The molecule has 5 nitrogen and oxygen atoms in total. The molecule has 5 rings (SSSR count). The van der Waals surface area contributed by atoms with E-state index in [9.17, 15) is 0 Å². The first kappa shape index (κ1) is 30.6. The Bertz CT molecular complexity index is 1270. The van der Waals surface area contributed by atoms with Crippen molar-refractivity contribution in [1.29, 1.82) is 0 Å². The fourth-order valence-electron chi connectivity index (χ4n) is 5.55. The largest absolute Gasteiger partial charge is 0.494 e. The van der Waals surface area contributed by atoms with E-state index in [0.717, 1.165) is 78.3 Å². The van der Waals surface area contributed by atoms with Crippen molar-refractivity contribution in [3.8, 4) is 23.0 Å². The van der Waals surface area contributed by atoms with Crippen molar-refractivity contribution < 1.29 is 18.9 Å². The first-order valence-corrected chi connectivity index (χ1v) is 16.7. The smallest absolute Gasteiger partial charge is 0.140 e. The molecule has 1 saturated heterocycles. The second-order valence-corrected chi connectivity index (χ2v) is 13.0. The maximum absolute atomic E-state index is 6.75. The molecular formula is C36H47NO4S. The first-order chi connectivity index (χ1) is 20.5. The fourth-order valence-corrected chi connectivity index (χ4v) is 6.85. The van der Waals surface area contributed by atoms with Gasteiger partial charge in [-0.05, 0) is 92.2 Å². The van der Waals surface area contributed by atoms with Gasteiger partial charge in [0.25, 0.3) is 0 Å². The molecule has 0 aromatic heterocycles. The van der Waals surface area contributed by atoms with Gasteiger partial charge in [0.2, 0.25) is 0 Å². The van der Waals surface area contributed by atoms with Gasteiger partial charge in [-0.3, -0.25) is 4.90 Å². The number of nitrogens with zero attached hydrogens (tertiary/aromatic N) is 1. The van der Waals surface area contributed by atoms with Crippen LogP contribution in [0.15, 0.2) is 71.6 Å². The zero-order valence-corrected chi connectivity index (χ0v) is 26.5. The number of hydrogen-bond donors (Lipinski definition) is 0. The summed E-state index contributed by atoms with van der Waals surface area (Å²) in [5.74, 6) is 4.38. The van der Waals surface area contributed by atoms with Crippen molar-refractivity contribution in [2.24, 2.45) is 5.92 Å². The summed E-state index contributed by atoms with van der Waals surface area (Å²) in [7, 11) is 0. The molecule has 0 radical (unpaired) electrons. The van der Waals surface area contributed by atoms with Crippen LogP contribution in [0, 0.1) is 5.92 Å². The first-order valence-electron chi connectivity index (χ1n) is 15.8. The van der Waals surface area contributed by atoms with E-state index < -0.39 is 0 Å². The van der Waals surface area contributed by atoms with E-state index >= 15 is 0 Å². The highest BCUT2D eigenvalue weighted by molar-refractivity contribution is 7.99. The van der Waals surface area contributed by atoms with Crippen LogP contribution in [-0.2, 0) is 0 Å². The number of hydrogen-bond acceptors (Lipinski definition) is 6. The third kappa shape index (κ3) is 7.96. The molecule has 0 bridgehead atoms. The summed E-state index contributed by atoms with van der Waals surface area (Å²) in [5.41, 5.74) is 2.32. The number of thioether (sulfide) groups is 1. The SMILES string of the molecule is CCCCOc1cccc([C@H]2Sc3cc(OCCCC)ccc3O[C@H]2c2ccc(OC[C@H](C)N3CC[C@@H](C)C3)cc2)c1. The summed E-state index contributed by atoms with van der Waals surface area (Å²) in [5, 5.41) is 0.0575. The highest BCUT2D eigenvalue weighted by Gasteiger charge is 2.34. The van der Waals surface area contributed by atoms with Crippen LogP contribution in [0.1, 0.15) is 82.3 Å². The Morgan fingerprint density at radius 3 is 2.26 bits per heavy atom. The van der Waals surface area contributed by atoms with Crippen LogP contribution in [0.5, 0.6) is 23.0 Å². The second-order valence-electron chi connectivity index (χ2n) is 11.8. The van der Waals surface area contributed by atoms with E-state index in [-0.39, 0.29) is 11.4 Å². The van der Waals surface area contributed by atoms with Crippen LogP contribution in [0.3, 0.4) is 0 Å². The van der Waals surface area contributed by atoms with Gasteiger partial charge in [0.05, 0.1) is 23.4 Å². The topological polar surface area (TPSA) is 40.2 Å². The van der Waals surface area contributed by atoms with Crippen LogP contribution < -0.4 is 18.9 Å². The summed E-state index contributed by atoms with van der Waals surface area (Å²) in [4.78, 5) is 3.64. The molecule has 0 spiro atoms. The Labute approximate surface area is 256 Å². The maximum Gasteiger partial charge on any atom is 0.140 e. The molecule has 3 aromatic carbocycles. The molecule has 4 atom stereocenters. The van der Waals surface area contributed by atoms with Crippen LogP contribution in [0.4, 0.5) is 0 Å². The molecule has 1 fully saturated rings. The molecule has 2 aliphatic rings. The van der Waals surface area contributed by atoms with Crippen molar-refractivity contribution >= 4 is 11.8 Å². The van der Waals surface area contributed by atoms with E-state index in [1.807, 2.05) is 23.9 Å². The number of fused-ring (bicyclic) bond motifs is 1. The van der Waals surface area contributed by atoms with Crippen LogP contribution >= 0.6 is 11.8 Å². The van der Waals surface area contributed by atoms with Gasteiger partial charge < -0.3 is 18.9 Å². The lowest BCUT2D eigenvalue weighted by atomic mass is 9.99. The minimum Gasteiger partial charge on any atom is -0.494 e. The van der Waals surface area contributed by atoms with E-state index in [1.165, 1.54) is 25.1 Å². The number of benzene rings is 3. The lowest BCUT2D eigenvalue weighted by Gasteiger charge is -2.34. The molecule has 0 amide bonds. The van der Waals surface area contributed by atoms with E-state index in [2.05, 4.69) is 87.2 Å². The Balaban J connectivity index is 1.34. The molecule has 0 aliphatic carbocycles. The number of ether oxygens (including phenoxy) is 4. The summed E-state index contributed by atoms with van der Waals surface area (Å²) in [6, 6.07) is 23.6. The average Bonchev–Trinajstić information content (AvgIpc) is 3.46. The predicted molar refractivity (Wildman–Crippen MR) is 172 cm³/mol. The molecule has 42 heavy (non-hydrogen) atoms. The molecule has 3 aromatic rings. The van der Waals surface area contributed by atoms with Gasteiger partial charge in [-0.25, -0.2) is 0 Å². The Kier molecular flexibility index (Phi) is 11.0. The van der Waals surface area contributed by atoms with Crippen LogP contribution in [-0.4, -0.2) is 43.9 Å². The molecule has 0 unspecified atom stereocenters. The lowest BCUT2D eigenvalue weighted by molar-refractivity contribution is 0.168. The van der Waals surface area contributed by atoms with E-state index in [4.69, 9.17) is 18.9 Å². The molecule has 2 heterocycles. The van der Waals surface area contributed by atoms with Gasteiger partial charge in [0.15, 0.2) is 0 Å². The fraction of sp³-hybridized carbons (Fsp3) is 0.500. The number of likely N-dealkylation sites (tertiary alicyclic amines) is 1. The summed E-state index contributed by atoms with van der Waals surface area (Å²) in [6.45, 7) is 13.5. The van der Waals surface area contributed by atoms with Crippen LogP contribution in [0.2, 0.25) is 0 Å². The molecule has 226 valence electrons. The standard InChI is InChI=1S/C36H47NO4S/c1-5-7-20-38-31-11-9-10-29(22-31)36-35(41-33-17-16-32(23-34(33)42-36)39-21-8-6-2)28-12-14-30(15-13-28)40-25-27(4)37-19-18-26(3)24-37/h9-17,22-23,26-27,35-36H,5-8,18-21,24-25H2,1-4H3/t26-,27+,35+,36-/m1/s1. The van der Waals surface area contributed by atoms with Gasteiger partial charge in [-0.15, -0.1) is 11.8 Å². The monoisotopic (exact) mass is 589 g/mol. The van der Waals surface area contributed by atoms with Gasteiger partial charge in [-0.2, -0.15) is 0 Å². The summed E-state index contributed by atoms with van der Waals surface area (Å²) >= 11 is 1.84. The Morgan fingerprint density at radius 2 is 1.57 bits per heavy atom. The summed E-state index contributed by atoms with van der Waals surface area (Å²) in [6.07, 6.45) is 5.45. The van der Waals surface area contributed by atoms with Crippen molar-refractivity contribution in [3.63, 3.8) is 0 Å². The maximum atomic E-state index is 6.75. The molecular weight excluding hydrogens is 542 g/mol. The summed E-state index contributed by atoms with van der Waals surface area (Å²) < 4.78 is 25.1. The average molecular weight is 590 g/mol. The van der Waals surface area contributed by atoms with Crippen molar-refractivity contribution in [3.05, 3.63) is 77.9 Å².